The van der Waals surface area contributed by atoms with Crippen LogP contribution in [0.3, 0.4) is 0 Å². The highest BCUT2D eigenvalue weighted by atomic mass is 79.9. The van der Waals surface area contributed by atoms with Crippen molar-refractivity contribution in [3.05, 3.63) is 62.9 Å². The van der Waals surface area contributed by atoms with Crippen LogP contribution >= 0.6 is 27.3 Å². The van der Waals surface area contributed by atoms with Gasteiger partial charge in [-0.3, -0.25) is 4.99 Å². The molecule has 6 heteroatoms. The van der Waals surface area contributed by atoms with E-state index in [2.05, 4.69) is 31.2 Å². The van der Waals surface area contributed by atoms with Crippen molar-refractivity contribution in [1.82, 2.24) is 10.3 Å². The van der Waals surface area contributed by atoms with E-state index in [0.29, 0.717) is 4.47 Å². The van der Waals surface area contributed by atoms with Gasteiger partial charge < -0.3 is 5.32 Å². The maximum Gasteiger partial charge on any atom is 0.162 e. The van der Waals surface area contributed by atoms with E-state index in [-0.39, 0.29) is 11.9 Å². The minimum atomic E-state index is -0.266. The number of benzene rings is 1. The Balaban J connectivity index is 1.96. The first-order valence-electron chi connectivity index (χ1n) is 5.60. The van der Waals surface area contributed by atoms with E-state index in [0.717, 1.165) is 16.4 Å². The molecule has 1 aromatic carbocycles. The second-order valence-electron chi connectivity index (χ2n) is 3.93. The molecule has 1 aliphatic rings. The van der Waals surface area contributed by atoms with Crippen LogP contribution < -0.4 is 5.32 Å². The zero-order valence-electron chi connectivity index (χ0n) is 9.68. The quantitative estimate of drug-likeness (QED) is 0.908. The molecule has 0 aliphatic carbocycles. The molecular weight excluding hydrogens is 329 g/mol. The SMILES string of the molecule is Fc1ccc(C2C=CNC(c3nccs3)=N2)c(Br)c1. The fourth-order valence-corrected chi connectivity index (χ4v) is 2.99. The minimum Gasteiger partial charge on any atom is -0.345 e. The van der Waals surface area contributed by atoms with Gasteiger partial charge in [-0.25, -0.2) is 9.37 Å². The van der Waals surface area contributed by atoms with Crippen LogP contribution in [-0.4, -0.2) is 10.8 Å². The van der Waals surface area contributed by atoms with Gasteiger partial charge in [0.15, 0.2) is 10.8 Å². The van der Waals surface area contributed by atoms with Crippen molar-refractivity contribution in [2.75, 3.05) is 0 Å². The lowest BCUT2D eigenvalue weighted by atomic mass is 10.1. The van der Waals surface area contributed by atoms with Crippen LogP contribution in [0.25, 0.3) is 0 Å². The lowest BCUT2D eigenvalue weighted by molar-refractivity contribution is 0.625. The van der Waals surface area contributed by atoms with Crippen molar-refractivity contribution >= 4 is 33.1 Å². The third kappa shape index (κ3) is 2.59. The van der Waals surface area contributed by atoms with Gasteiger partial charge in [-0.2, -0.15) is 0 Å². The monoisotopic (exact) mass is 337 g/mol. The fourth-order valence-electron chi connectivity index (χ4n) is 1.81. The number of aliphatic imine (C=N–C) groups is 1. The maximum atomic E-state index is 13.1. The fraction of sp³-hybridized carbons (Fsp3) is 0.0769. The summed E-state index contributed by atoms with van der Waals surface area (Å²) in [6, 6.07) is 4.48. The predicted molar refractivity (Wildman–Crippen MR) is 77.8 cm³/mol. The second kappa shape index (κ2) is 5.22. The first kappa shape index (κ1) is 12.5. The third-order valence-corrected chi connectivity index (χ3v) is 4.15. The van der Waals surface area contributed by atoms with Crippen molar-refractivity contribution in [2.24, 2.45) is 4.99 Å². The van der Waals surface area contributed by atoms with Gasteiger partial charge >= 0.3 is 0 Å². The highest BCUT2D eigenvalue weighted by molar-refractivity contribution is 9.10. The average Bonchev–Trinajstić information content (AvgIpc) is 2.93. The molecule has 3 rings (SSSR count). The Bertz CT molecular complexity index is 652. The number of hydrogen-bond acceptors (Lipinski definition) is 4. The average molecular weight is 338 g/mol. The summed E-state index contributed by atoms with van der Waals surface area (Å²) in [4.78, 5) is 8.82. The second-order valence-corrected chi connectivity index (χ2v) is 5.68. The molecule has 2 aromatic rings. The summed E-state index contributed by atoms with van der Waals surface area (Å²) in [5.74, 6) is 0.469. The Morgan fingerprint density at radius 1 is 1.37 bits per heavy atom. The summed E-state index contributed by atoms with van der Waals surface area (Å²) in [6.07, 6.45) is 5.50. The van der Waals surface area contributed by atoms with Crippen molar-refractivity contribution in [3.8, 4) is 0 Å². The molecule has 1 aliphatic heterocycles. The summed E-state index contributed by atoms with van der Waals surface area (Å²) >= 11 is 4.90. The third-order valence-electron chi connectivity index (χ3n) is 2.68. The molecule has 0 fully saturated rings. The zero-order chi connectivity index (χ0) is 13.2. The minimum absolute atomic E-state index is 0.143. The number of nitrogens with zero attached hydrogens (tertiary/aromatic N) is 2. The van der Waals surface area contributed by atoms with Gasteiger partial charge in [0.1, 0.15) is 5.82 Å². The molecule has 1 aromatic heterocycles. The molecule has 0 saturated heterocycles. The van der Waals surface area contributed by atoms with Gasteiger partial charge in [-0.1, -0.05) is 22.0 Å². The number of rotatable bonds is 2. The van der Waals surface area contributed by atoms with Crippen LogP contribution in [0.4, 0.5) is 4.39 Å². The standard InChI is InChI=1S/C13H9BrFN3S/c14-10-7-8(15)1-2-9(10)11-3-4-16-12(18-11)13-17-5-6-19-13/h1-7,11H,(H,16,18). The summed E-state index contributed by atoms with van der Waals surface area (Å²) in [6.45, 7) is 0. The van der Waals surface area contributed by atoms with E-state index in [4.69, 9.17) is 0 Å². The van der Waals surface area contributed by atoms with Gasteiger partial charge in [0.25, 0.3) is 0 Å². The first-order valence-corrected chi connectivity index (χ1v) is 7.27. The van der Waals surface area contributed by atoms with Gasteiger partial charge in [0.05, 0.1) is 6.04 Å². The van der Waals surface area contributed by atoms with E-state index in [9.17, 15) is 4.39 Å². The topological polar surface area (TPSA) is 37.3 Å². The molecule has 2 heterocycles. The van der Waals surface area contributed by atoms with Gasteiger partial charge in [-0.15, -0.1) is 11.3 Å². The van der Waals surface area contributed by atoms with Crippen molar-refractivity contribution in [2.45, 2.75) is 6.04 Å². The first-order chi connectivity index (χ1) is 9.24. The van der Waals surface area contributed by atoms with Crippen molar-refractivity contribution in [3.63, 3.8) is 0 Å². The zero-order valence-corrected chi connectivity index (χ0v) is 12.1. The number of halogens is 2. The highest BCUT2D eigenvalue weighted by Gasteiger charge is 2.17. The molecule has 1 atom stereocenters. The summed E-state index contributed by atoms with van der Waals surface area (Å²) < 4.78 is 13.8. The van der Waals surface area contributed by atoms with E-state index >= 15 is 0 Å². The van der Waals surface area contributed by atoms with Crippen LogP contribution in [0.5, 0.6) is 0 Å². The molecule has 1 N–H and O–H groups in total. The molecule has 0 saturated carbocycles. The van der Waals surface area contributed by atoms with Crippen molar-refractivity contribution < 1.29 is 4.39 Å². The Hall–Kier alpha value is -1.53. The van der Waals surface area contributed by atoms with Gasteiger partial charge in [0, 0.05) is 22.2 Å². The van der Waals surface area contributed by atoms with Crippen LogP contribution in [0.2, 0.25) is 0 Å². The van der Waals surface area contributed by atoms with Crippen LogP contribution in [0, 0.1) is 5.82 Å². The molecule has 0 radical (unpaired) electrons. The molecule has 3 nitrogen and oxygen atoms in total. The Morgan fingerprint density at radius 3 is 3.00 bits per heavy atom. The Labute approximate surface area is 122 Å². The number of aromatic nitrogens is 1. The Morgan fingerprint density at radius 2 is 2.26 bits per heavy atom. The molecule has 1 unspecified atom stereocenters. The highest BCUT2D eigenvalue weighted by Crippen LogP contribution is 2.29. The number of nitrogens with one attached hydrogen (secondary N) is 1. The lowest BCUT2D eigenvalue weighted by Crippen LogP contribution is -2.23. The smallest absolute Gasteiger partial charge is 0.162 e. The summed E-state index contributed by atoms with van der Waals surface area (Å²) in [7, 11) is 0. The van der Waals surface area contributed by atoms with E-state index < -0.39 is 0 Å². The molecular formula is C13H9BrFN3S. The van der Waals surface area contributed by atoms with E-state index in [1.165, 1.54) is 23.5 Å². The number of amidine groups is 1. The molecule has 0 spiro atoms. The molecule has 19 heavy (non-hydrogen) atoms. The number of thiazole rings is 1. The number of hydrogen-bond donors (Lipinski definition) is 1. The van der Waals surface area contributed by atoms with Crippen LogP contribution in [0.1, 0.15) is 16.6 Å². The largest absolute Gasteiger partial charge is 0.345 e. The van der Waals surface area contributed by atoms with Crippen LogP contribution in [-0.2, 0) is 0 Å². The maximum absolute atomic E-state index is 13.1. The van der Waals surface area contributed by atoms with Gasteiger partial charge in [0.2, 0.25) is 0 Å². The Kier molecular flexibility index (Phi) is 3.44. The van der Waals surface area contributed by atoms with Gasteiger partial charge in [-0.05, 0) is 23.8 Å². The summed E-state index contributed by atoms with van der Waals surface area (Å²) in [5.41, 5.74) is 0.924. The van der Waals surface area contributed by atoms with Crippen molar-refractivity contribution in [1.29, 1.82) is 0 Å². The van der Waals surface area contributed by atoms with E-state index in [1.54, 1.807) is 12.3 Å². The molecule has 0 bridgehead atoms. The normalized spacial score (nSPS) is 18.0. The predicted octanol–water partition coefficient (Wildman–Crippen LogP) is 3.65. The van der Waals surface area contributed by atoms with Crippen LogP contribution in [0.15, 0.2) is 51.5 Å². The lowest BCUT2D eigenvalue weighted by Gasteiger charge is -2.17. The molecule has 96 valence electrons. The summed E-state index contributed by atoms with van der Waals surface area (Å²) in [5, 5.41) is 5.82. The van der Waals surface area contributed by atoms with E-state index in [1.807, 2.05) is 17.7 Å². The molecule has 0 amide bonds.